The highest BCUT2D eigenvalue weighted by atomic mass is 19.1. The molecule has 0 unspecified atom stereocenters. The van der Waals surface area contributed by atoms with Crippen molar-refractivity contribution >= 4 is 0 Å². The molecule has 0 bridgehead atoms. The van der Waals surface area contributed by atoms with Crippen LogP contribution in [0.15, 0.2) is 41.3 Å². The van der Waals surface area contributed by atoms with E-state index in [9.17, 15) is 14.3 Å². The van der Waals surface area contributed by atoms with Crippen LogP contribution >= 0.6 is 0 Å². The third kappa shape index (κ3) is 2.74. The first-order valence-electron chi connectivity index (χ1n) is 6.01. The number of halogens is 1. The van der Waals surface area contributed by atoms with Gasteiger partial charge in [-0.25, -0.2) is 4.39 Å². The van der Waals surface area contributed by atoms with Crippen LogP contribution in [-0.2, 0) is 5.60 Å². The smallest absolute Gasteiger partial charge is 0.187 e. The summed E-state index contributed by atoms with van der Waals surface area (Å²) in [5.41, 5.74) is 0.117. The Labute approximate surface area is 110 Å². The quantitative estimate of drug-likeness (QED) is 0.902. The summed E-state index contributed by atoms with van der Waals surface area (Å²) in [4.78, 5) is 11.9. The average molecular weight is 261 g/mol. The molecular weight excluding hydrogens is 245 g/mol. The van der Waals surface area contributed by atoms with E-state index in [0.717, 1.165) is 0 Å². The van der Waals surface area contributed by atoms with Crippen LogP contribution in [0.1, 0.15) is 25.1 Å². The fraction of sp³-hybridized carbons (Fsp3) is 0.267. The molecule has 0 radical (unpaired) electrons. The lowest BCUT2D eigenvalue weighted by Crippen LogP contribution is -2.27. The Morgan fingerprint density at radius 2 is 1.95 bits per heavy atom. The molecule has 0 atom stereocenters. The van der Waals surface area contributed by atoms with Gasteiger partial charge in [-0.05, 0) is 39.0 Å². The van der Waals surface area contributed by atoms with Gasteiger partial charge in [0.15, 0.2) is 5.43 Å². The SMILES string of the molecule is Cc1cc(=O)c(C(C)(C)O)cn1-c1cccc(F)c1. The van der Waals surface area contributed by atoms with Gasteiger partial charge < -0.3 is 9.67 Å². The lowest BCUT2D eigenvalue weighted by molar-refractivity contribution is 0.0769. The second kappa shape index (κ2) is 4.63. The maximum absolute atomic E-state index is 13.3. The van der Waals surface area contributed by atoms with E-state index in [-0.39, 0.29) is 16.8 Å². The van der Waals surface area contributed by atoms with Crippen molar-refractivity contribution in [3.63, 3.8) is 0 Å². The Morgan fingerprint density at radius 3 is 2.53 bits per heavy atom. The largest absolute Gasteiger partial charge is 0.386 e. The van der Waals surface area contributed by atoms with Crippen molar-refractivity contribution in [1.29, 1.82) is 0 Å². The molecule has 3 nitrogen and oxygen atoms in total. The monoisotopic (exact) mass is 261 g/mol. The standard InChI is InChI=1S/C15H16FNO2/c1-10-7-14(18)13(15(2,3)19)9-17(10)12-6-4-5-11(16)8-12/h4-9,19H,1-3H3. The summed E-state index contributed by atoms with van der Waals surface area (Å²) in [6, 6.07) is 7.53. The van der Waals surface area contributed by atoms with Crippen molar-refractivity contribution in [1.82, 2.24) is 4.57 Å². The summed E-state index contributed by atoms with van der Waals surface area (Å²) in [6.45, 7) is 4.87. The van der Waals surface area contributed by atoms with E-state index >= 15 is 0 Å². The van der Waals surface area contributed by atoms with Crippen molar-refractivity contribution in [2.45, 2.75) is 26.4 Å². The fourth-order valence-electron chi connectivity index (χ4n) is 2.00. The number of pyridine rings is 1. The van der Waals surface area contributed by atoms with Gasteiger partial charge in [0, 0.05) is 29.2 Å². The van der Waals surface area contributed by atoms with E-state index in [1.54, 1.807) is 43.7 Å². The number of nitrogens with zero attached hydrogens (tertiary/aromatic N) is 1. The maximum Gasteiger partial charge on any atom is 0.187 e. The van der Waals surface area contributed by atoms with Crippen LogP contribution in [0.25, 0.3) is 5.69 Å². The first-order valence-corrected chi connectivity index (χ1v) is 6.01. The highest BCUT2D eigenvalue weighted by Gasteiger charge is 2.21. The van der Waals surface area contributed by atoms with Gasteiger partial charge in [-0.2, -0.15) is 0 Å². The van der Waals surface area contributed by atoms with Gasteiger partial charge in [0.1, 0.15) is 5.82 Å². The van der Waals surface area contributed by atoms with Gasteiger partial charge in [0.25, 0.3) is 0 Å². The minimum atomic E-state index is -1.24. The van der Waals surface area contributed by atoms with Gasteiger partial charge in [0.2, 0.25) is 0 Å². The van der Waals surface area contributed by atoms with Gasteiger partial charge in [-0.15, -0.1) is 0 Å². The van der Waals surface area contributed by atoms with Gasteiger partial charge in [-0.3, -0.25) is 4.79 Å². The number of aryl methyl sites for hydroxylation is 1. The number of aromatic nitrogens is 1. The molecule has 0 saturated heterocycles. The topological polar surface area (TPSA) is 42.2 Å². The third-order valence-corrected chi connectivity index (χ3v) is 2.99. The summed E-state index contributed by atoms with van der Waals surface area (Å²) >= 11 is 0. The zero-order valence-corrected chi connectivity index (χ0v) is 11.1. The molecule has 0 aliphatic carbocycles. The van der Waals surface area contributed by atoms with Crippen LogP contribution in [0.2, 0.25) is 0 Å². The molecule has 1 N–H and O–H groups in total. The van der Waals surface area contributed by atoms with Crippen LogP contribution in [0.3, 0.4) is 0 Å². The van der Waals surface area contributed by atoms with Crippen LogP contribution in [0, 0.1) is 12.7 Å². The van der Waals surface area contributed by atoms with E-state index < -0.39 is 5.60 Å². The third-order valence-electron chi connectivity index (χ3n) is 2.99. The molecule has 0 amide bonds. The van der Waals surface area contributed by atoms with Crippen molar-refractivity contribution in [2.75, 3.05) is 0 Å². The van der Waals surface area contributed by atoms with Crippen LogP contribution in [0.4, 0.5) is 4.39 Å². The Balaban J connectivity index is 2.68. The molecule has 2 aromatic rings. The molecule has 0 saturated carbocycles. The summed E-state index contributed by atoms with van der Waals surface area (Å²) in [5, 5.41) is 10.00. The van der Waals surface area contributed by atoms with E-state index in [1.165, 1.54) is 18.2 Å². The van der Waals surface area contributed by atoms with Gasteiger partial charge in [0.05, 0.1) is 5.60 Å². The first kappa shape index (κ1) is 13.5. The number of aliphatic hydroxyl groups is 1. The van der Waals surface area contributed by atoms with Crippen molar-refractivity contribution in [3.05, 3.63) is 63.8 Å². The lowest BCUT2D eigenvalue weighted by atomic mass is 9.99. The molecule has 100 valence electrons. The van der Waals surface area contributed by atoms with Gasteiger partial charge in [-0.1, -0.05) is 6.07 Å². The molecular formula is C15H16FNO2. The number of rotatable bonds is 2. The molecule has 0 aliphatic rings. The average Bonchev–Trinajstić information content (AvgIpc) is 2.27. The zero-order valence-electron chi connectivity index (χ0n) is 11.1. The Morgan fingerprint density at radius 1 is 1.26 bits per heavy atom. The Kier molecular flexibility index (Phi) is 3.28. The van der Waals surface area contributed by atoms with E-state index in [1.807, 2.05) is 0 Å². The zero-order chi connectivity index (χ0) is 14.2. The molecule has 4 heteroatoms. The molecule has 0 aliphatic heterocycles. The second-order valence-electron chi connectivity index (χ2n) is 5.10. The van der Waals surface area contributed by atoms with Crippen molar-refractivity contribution < 1.29 is 9.50 Å². The van der Waals surface area contributed by atoms with E-state index in [2.05, 4.69) is 0 Å². The van der Waals surface area contributed by atoms with Crippen LogP contribution in [-0.4, -0.2) is 9.67 Å². The molecule has 0 fully saturated rings. The highest BCUT2D eigenvalue weighted by molar-refractivity contribution is 5.36. The predicted molar refractivity (Wildman–Crippen MR) is 72.0 cm³/mol. The summed E-state index contributed by atoms with van der Waals surface area (Å²) in [6.07, 6.45) is 1.56. The Hall–Kier alpha value is -1.94. The van der Waals surface area contributed by atoms with Gasteiger partial charge >= 0.3 is 0 Å². The fourth-order valence-corrected chi connectivity index (χ4v) is 2.00. The van der Waals surface area contributed by atoms with Crippen molar-refractivity contribution in [2.24, 2.45) is 0 Å². The minimum absolute atomic E-state index is 0.224. The molecule has 1 aromatic carbocycles. The number of hydrogen-bond donors (Lipinski definition) is 1. The van der Waals surface area contributed by atoms with Crippen LogP contribution < -0.4 is 5.43 Å². The maximum atomic E-state index is 13.3. The lowest BCUT2D eigenvalue weighted by Gasteiger charge is -2.20. The van der Waals surface area contributed by atoms with Crippen LogP contribution in [0.5, 0.6) is 0 Å². The van der Waals surface area contributed by atoms with E-state index in [0.29, 0.717) is 11.4 Å². The highest BCUT2D eigenvalue weighted by Crippen LogP contribution is 2.19. The second-order valence-corrected chi connectivity index (χ2v) is 5.10. The van der Waals surface area contributed by atoms with E-state index in [4.69, 9.17) is 0 Å². The molecule has 1 heterocycles. The normalized spacial score (nSPS) is 11.6. The molecule has 19 heavy (non-hydrogen) atoms. The van der Waals surface area contributed by atoms with Crippen molar-refractivity contribution in [3.8, 4) is 5.69 Å². The molecule has 0 spiro atoms. The predicted octanol–water partition coefficient (Wildman–Crippen LogP) is 2.51. The number of benzene rings is 1. The molecule has 2 rings (SSSR count). The first-order chi connectivity index (χ1) is 8.79. The Bertz CT molecular complexity index is 669. The minimum Gasteiger partial charge on any atom is -0.386 e. The summed E-state index contributed by atoms with van der Waals surface area (Å²) < 4.78 is 15.0. The molecule has 1 aromatic heterocycles. The summed E-state index contributed by atoms with van der Waals surface area (Å²) in [5.74, 6) is -0.347. The summed E-state index contributed by atoms with van der Waals surface area (Å²) in [7, 11) is 0. The number of hydrogen-bond acceptors (Lipinski definition) is 2.